The number of rotatable bonds is 7. The van der Waals surface area contributed by atoms with E-state index in [1.54, 1.807) is 18.2 Å². The minimum absolute atomic E-state index is 0.0694. The minimum atomic E-state index is -0.170. The quantitative estimate of drug-likeness (QED) is 0.654. The molecule has 0 radical (unpaired) electrons. The monoisotopic (exact) mass is 380 g/mol. The van der Waals surface area contributed by atoms with Crippen LogP contribution in [0.25, 0.3) is 11.0 Å². The van der Waals surface area contributed by atoms with Crippen LogP contribution < -0.4 is 15.4 Å². The van der Waals surface area contributed by atoms with Crippen LogP contribution in [0.5, 0.6) is 5.75 Å². The van der Waals surface area contributed by atoms with Gasteiger partial charge in [-0.25, -0.2) is 4.98 Å². The molecule has 0 aliphatic carbocycles. The van der Waals surface area contributed by atoms with E-state index >= 15 is 0 Å². The number of nitrogens with zero attached hydrogens (tertiary/aromatic N) is 2. The second-order valence-corrected chi connectivity index (χ2v) is 6.50. The molecule has 2 amide bonds. The third-order valence-corrected chi connectivity index (χ3v) is 4.38. The second kappa shape index (κ2) is 8.56. The van der Waals surface area contributed by atoms with Crippen molar-refractivity contribution in [2.75, 3.05) is 17.7 Å². The Morgan fingerprint density at radius 1 is 1.11 bits per heavy atom. The first-order valence-corrected chi connectivity index (χ1v) is 9.21. The van der Waals surface area contributed by atoms with E-state index in [-0.39, 0.29) is 18.4 Å². The first-order chi connectivity index (χ1) is 13.5. The van der Waals surface area contributed by atoms with Gasteiger partial charge in [-0.05, 0) is 37.6 Å². The summed E-state index contributed by atoms with van der Waals surface area (Å²) in [4.78, 5) is 28.8. The van der Waals surface area contributed by atoms with Crippen LogP contribution in [-0.4, -0.2) is 28.5 Å². The summed E-state index contributed by atoms with van der Waals surface area (Å²) in [6, 6.07) is 12.9. The van der Waals surface area contributed by atoms with Crippen molar-refractivity contribution in [3.05, 3.63) is 48.3 Å². The molecule has 0 fully saturated rings. The molecule has 28 heavy (non-hydrogen) atoms. The number of hydrogen-bond donors (Lipinski definition) is 2. The summed E-state index contributed by atoms with van der Waals surface area (Å²) in [5.41, 5.74) is 2.95. The van der Waals surface area contributed by atoms with E-state index in [2.05, 4.69) is 15.6 Å². The van der Waals surface area contributed by atoms with Crippen LogP contribution in [0, 0.1) is 6.92 Å². The maximum atomic E-state index is 12.6. The van der Waals surface area contributed by atoms with Crippen molar-refractivity contribution in [1.82, 2.24) is 9.55 Å². The Hall–Kier alpha value is -3.35. The number of methoxy groups -OCH3 is 1. The third kappa shape index (κ3) is 4.31. The predicted octanol–water partition coefficient (Wildman–Crippen LogP) is 3.73. The van der Waals surface area contributed by atoms with Crippen molar-refractivity contribution in [2.24, 2.45) is 0 Å². The SMILES string of the molecule is CCCC(=O)Nc1ccc(NC(=O)Cn2c(C)nc3ccccc32)cc1OC. The van der Waals surface area contributed by atoms with Gasteiger partial charge in [-0.3, -0.25) is 9.59 Å². The highest BCUT2D eigenvalue weighted by molar-refractivity contribution is 5.95. The highest BCUT2D eigenvalue weighted by Gasteiger charge is 2.13. The Bertz CT molecular complexity index is 1010. The largest absolute Gasteiger partial charge is 0.494 e. The normalized spacial score (nSPS) is 10.7. The molecule has 7 heteroatoms. The number of amides is 2. The number of hydrogen-bond acceptors (Lipinski definition) is 4. The van der Waals surface area contributed by atoms with Gasteiger partial charge in [0, 0.05) is 18.2 Å². The maximum absolute atomic E-state index is 12.6. The predicted molar refractivity (Wildman–Crippen MR) is 110 cm³/mol. The van der Waals surface area contributed by atoms with Crippen LogP contribution in [0.4, 0.5) is 11.4 Å². The summed E-state index contributed by atoms with van der Waals surface area (Å²) in [7, 11) is 1.53. The molecule has 146 valence electrons. The lowest BCUT2D eigenvalue weighted by Gasteiger charge is -2.13. The van der Waals surface area contributed by atoms with E-state index < -0.39 is 0 Å². The van der Waals surface area contributed by atoms with Gasteiger partial charge >= 0.3 is 0 Å². The van der Waals surface area contributed by atoms with Gasteiger partial charge in [0.25, 0.3) is 0 Å². The second-order valence-electron chi connectivity index (χ2n) is 6.50. The molecule has 2 N–H and O–H groups in total. The number of anilines is 2. The lowest BCUT2D eigenvalue weighted by molar-refractivity contribution is -0.117. The molecule has 0 aliphatic rings. The molecule has 7 nitrogen and oxygen atoms in total. The van der Waals surface area contributed by atoms with Gasteiger partial charge in [-0.1, -0.05) is 19.1 Å². The van der Waals surface area contributed by atoms with Gasteiger partial charge in [0.1, 0.15) is 18.1 Å². The van der Waals surface area contributed by atoms with Gasteiger partial charge in [-0.15, -0.1) is 0 Å². The molecule has 0 bridgehead atoms. The number of imidazole rings is 1. The number of carbonyl (C=O) groups is 2. The standard InChI is InChI=1S/C21H24N4O3/c1-4-7-20(26)24-17-11-10-15(12-19(17)28-3)23-21(27)13-25-14(2)22-16-8-5-6-9-18(16)25/h5-6,8-12H,4,7,13H2,1-3H3,(H,23,27)(H,24,26). The Morgan fingerprint density at radius 2 is 1.89 bits per heavy atom. The summed E-state index contributed by atoms with van der Waals surface area (Å²) in [6.45, 7) is 3.98. The summed E-state index contributed by atoms with van der Waals surface area (Å²) < 4.78 is 7.22. The average molecular weight is 380 g/mol. The Kier molecular flexibility index (Phi) is 5.93. The van der Waals surface area contributed by atoms with E-state index in [9.17, 15) is 9.59 Å². The van der Waals surface area contributed by atoms with Crippen LogP contribution in [0.3, 0.4) is 0 Å². The van der Waals surface area contributed by atoms with Crippen LogP contribution in [0.1, 0.15) is 25.6 Å². The number of nitrogens with one attached hydrogen (secondary N) is 2. The number of ether oxygens (including phenoxy) is 1. The molecule has 0 unspecified atom stereocenters. The van der Waals surface area contributed by atoms with Crippen molar-refractivity contribution in [2.45, 2.75) is 33.2 Å². The van der Waals surface area contributed by atoms with Crippen LogP contribution in [0.2, 0.25) is 0 Å². The fraction of sp³-hybridized carbons (Fsp3) is 0.286. The van der Waals surface area contributed by atoms with Gasteiger partial charge in [0.2, 0.25) is 11.8 Å². The van der Waals surface area contributed by atoms with Gasteiger partial charge in [-0.2, -0.15) is 0 Å². The van der Waals surface area contributed by atoms with Crippen LogP contribution in [0.15, 0.2) is 42.5 Å². The number of fused-ring (bicyclic) bond motifs is 1. The topological polar surface area (TPSA) is 85.3 Å². The fourth-order valence-corrected chi connectivity index (χ4v) is 3.05. The summed E-state index contributed by atoms with van der Waals surface area (Å²) in [5.74, 6) is 1.03. The zero-order valence-corrected chi connectivity index (χ0v) is 16.3. The lowest BCUT2D eigenvalue weighted by atomic mass is 10.2. The highest BCUT2D eigenvalue weighted by atomic mass is 16.5. The van der Waals surface area contributed by atoms with Crippen molar-refractivity contribution >= 4 is 34.2 Å². The average Bonchev–Trinajstić information content (AvgIpc) is 2.98. The number of aromatic nitrogens is 2. The third-order valence-electron chi connectivity index (χ3n) is 4.38. The Balaban J connectivity index is 1.73. The Morgan fingerprint density at radius 3 is 2.64 bits per heavy atom. The molecule has 2 aromatic carbocycles. The molecule has 1 aromatic heterocycles. The van der Waals surface area contributed by atoms with E-state index in [0.717, 1.165) is 23.3 Å². The van der Waals surface area contributed by atoms with Crippen molar-refractivity contribution < 1.29 is 14.3 Å². The smallest absolute Gasteiger partial charge is 0.244 e. The summed E-state index contributed by atoms with van der Waals surface area (Å²) >= 11 is 0. The van der Waals surface area contributed by atoms with E-state index in [0.29, 0.717) is 23.5 Å². The first kappa shape index (κ1) is 19.4. The summed E-state index contributed by atoms with van der Waals surface area (Å²) in [6.07, 6.45) is 1.21. The van der Waals surface area contributed by atoms with Crippen LogP contribution >= 0.6 is 0 Å². The molecule has 3 aromatic rings. The maximum Gasteiger partial charge on any atom is 0.244 e. The zero-order valence-electron chi connectivity index (χ0n) is 16.3. The highest BCUT2D eigenvalue weighted by Crippen LogP contribution is 2.28. The fourth-order valence-electron chi connectivity index (χ4n) is 3.05. The number of para-hydroxylation sites is 2. The molecule has 3 rings (SSSR count). The molecule has 1 heterocycles. The Labute approximate surface area is 163 Å². The van der Waals surface area contributed by atoms with Gasteiger partial charge < -0.3 is 19.9 Å². The van der Waals surface area contributed by atoms with Gasteiger partial charge in [0.05, 0.1) is 23.8 Å². The molecule has 0 saturated carbocycles. The van der Waals surface area contributed by atoms with Crippen LogP contribution in [-0.2, 0) is 16.1 Å². The van der Waals surface area contributed by atoms with E-state index in [4.69, 9.17) is 4.74 Å². The molecule has 0 saturated heterocycles. The number of aryl methyl sites for hydroxylation is 1. The van der Waals surface area contributed by atoms with E-state index in [1.807, 2.05) is 42.7 Å². The first-order valence-electron chi connectivity index (χ1n) is 9.21. The molecular weight excluding hydrogens is 356 g/mol. The van der Waals surface area contributed by atoms with Crippen molar-refractivity contribution in [1.29, 1.82) is 0 Å². The van der Waals surface area contributed by atoms with E-state index in [1.165, 1.54) is 7.11 Å². The zero-order chi connectivity index (χ0) is 20.1. The molecule has 0 atom stereocenters. The molecular formula is C21H24N4O3. The number of benzene rings is 2. The van der Waals surface area contributed by atoms with Gasteiger partial charge in [0.15, 0.2) is 0 Å². The molecule has 0 aliphatic heterocycles. The summed E-state index contributed by atoms with van der Waals surface area (Å²) in [5, 5.41) is 5.69. The lowest BCUT2D eigenvalue weighted by Crippen LogP contribution is -2.19. The minimum Gasteiger partial charge on any atom is -0.494 e. The van der Waals surface area contributed by atoms with Crippen molar-refractivity contribution in [3.8, 4) is 5.75 Å². The molecule has 0 spiro atoms. The van der Waals surface area contributed by atoms with Crippen molar-refractivity contribution in [3.63, 3.8) is 0 Å². The number of carbonyl (C=O) groups excluding carboxylic acids is 2.